The van der Waals surface area contributed by atoms with Crippen LogP contribution in [0, 0.1) is 6.92 Å². The van der Waals surface area contributed by atoms with Crippen molar-refractivity contribution < 1.29 is 18.0 Å². The molecule has 1 aliphatic heterocycles. The Morgan fingerprint density at radius 2 is 1.83 bits per heavy atom. The second-order valence-electron chi connectivity index (χ2n) is 9.04. The van der Waals surface area contributed by atoms with Crippen molar-refractivity contribution in [3.8, 4) is 17.1 Å². The molecule has 0 radical (unpaired) electrons. The van der Waals surface area contributed by atoms with E-state index < -0.39 is 11.9 Å². The Bertz CT molecular complexity index is 1440. The van der Waals surface area contributed by atoms with Gasteiger partial charge in [0.2, 0.25) is 5.91 Å². The summed E-state index contributed by atoms with van der Waals surface area (Å²) in [5, 5.41) is 3.99. The molecule has 0 saturated carbocycles. The highest BCUT2D eigenvalue weighted by atomic mass is 19.4. The lowest BCUT2D eigenvalue weighted by molar-refractivity contribution is -0.142. The van der Waals surface area contributed by atoms with Crippen molar-refractivity contribution in [3.05, 3.63) is 83.1 Å². The van der Waals surface area contributed by atoms with Crippen molar-refractivity contribution in [3.63, 3.8) is 0 Å². The van der Waals surface area contributed by atoms with Crippen LogP contribution in [0.4, 0.5) is 19.0 Å². The van der Waals surface area contributed by atoms with Crippen LogP contribution in [0.5, 0.6) is 0 Å². The van der Waals surface area contributed by atoms with Gasteiger partial charge in [-0.25, -0.2) is 14.6 Å². The summed E-state index contributed by atoms with van der Waals surface area (Å²) in [6.07, 6.45) is -0.922. The number of nitrogens with zero attached hydrogens (tertiary/aromatic N) is 6. The maximum atomic E-state index is 13.4. The van der Waals surface area contributed by atoms with Gasteiger partial charge in [-0.15, -0.1) is 0 Å². The summed E-state index contributed by atoms with van der Waals surface area (Å²) in [6, 6.07) is 11.3. The molecule has 10 heteroatoms. The van der Waals surface area contributed by atoms with E-state index in [2.05, 4.69) is 15.1 Å². The minimum atomic E-state index is -4.52. The average molecular weight is 493 g/mol. The predicted molar refractivity (Wildman–Crippen MR) is 128 cm³/mol. The zero-order valence-electron chi connectivity index (χ0n) is 19.9. The summed E-state index contributed by atoms with van der Waals surface area (Å²) >= 11 is 0. The van der Waals surface area contributed by atoms with E-state index in [9.17, 15) is 18.0 Å². The number of hydrogen-bond acceptors (Lipinski definition) is 5. The Labute approximate surface area is 205 Å². The van der Waals surface area contributed by atoms with Crippen molar-refractivity contribution in [2.45, 2.75) is 45.8 Å². The molecule has 7 nitrogen and oxygen atoms in total. The predicted octanol–water partition coefficient (Wildman–Crippen LogP) is 5.26. The number of hydrogen-bond donors (Lipinski definition) is 0. The molecule has 0 aliphatic carbocycles. The summed E-state index contributed by atoms with van der Waals surface area (Å²) in [7, 11) is 0. The fourth-order valence-corrected chi connectivity index (χ4v) is 4.32. The van der Waals surface area contributed by atoms with E-state index in [0.29, 0.717) is 11.6 Å². The number of benzene rings is 1. The minimum Gasteiger partial charge on any atom is -0.292 e. The number of anilines is 1. The van der Waals surface area contributed by atoms with E-state index in [4.69, 9.17) is 4.98 Å². The third-order valence-corrected chi connectivity index (χ3v) is 6.01. The van der Waals surface area contributed by atoms with Crippen LogP contribution >= 0.6 is 0 Å². The molecule has 3 aromatic heterocycles. The summed E-state index contributed by atoms with van der Waals surface area (Å²) in [5.41, 5.74) is 2.89. The molecule has 0 spiro atoms. The Morgan fingerprint density at radius 3 is 2.53 bits per heavy atom. The highest BCUT2D eigenvalue weighted by molar-refractivity contribution is 6.00. The van der Waals surface area contributed by atoms with E-state index in [-0.39, 0.29) is 36.2 Å². The van der Waals surface area contributed by atoms with Gasteiger partial charge in [0.05, 0.1) is 30.0 Å². The number of fused-ring (bicyclic) bond motifs is 1. The van der Waals surface area contributed by atoms with Gasteiger partial charge >= 0.3 is 6.18 Å². The number of carbonyl (C=O) groups excluding carboxylic acids is 1. The van der Waals surface area contributed by atoms with Gasteiger partial charge < -0.3 is 0 Å². The van der Waals surface area contributed by atoms with E-state index >= 15 is 0 Å². The fourth-order valence-electron chi connectivity index (χ4n) is 4.32. The maximum absolute atomic E-state index is 13.4. The molecule has 1 aromatic carbocycles. The molecule has 0 unspecified atom stereocenters. The molecule has 0 fully saturated rings. The molecule has 1 amide bonds. The number of aryl methyl sites for hydroxylation is 1. The topological polar surface area (TPSA) is 76.8 Å². The molecule has 0 atom stereocenters. The molecule has 36 heavy (non-hydrogen) atoms. The number of halogens is 3. The first-order valence-electron chi connectivity index (χ1n) is 11.5. The highest BCUT2D eigenvalue weighted by Gasteiger charge is 2.36. The number of alkyl halides is 3. The monoisotopic (exact) mass is 492 g/mol. The van der Waals surface area contributed by atoms with Crippen LogP contribution in [-0.2, 0) is 23.9 Å². The van der Waals surface area contributed by atoms with Crippen LogP contribution in [-0.4, -0.2) is 30.6 Å². The summed E-state index contributed by atoms with van der Waals surface area (Å²) in [6.45, 7) is 5.83. The van der Waals surface area contributed by atoms with Gasteiger partial charge in [0.15, 0.2) is 5.82 Å². The third-order valence-electron chi connectivity index (χ3n) is 6.01. The number of aromatic nitrogens is 5. The first-order chi connectivity index (χ1) is 17.1. The Kier molecular flexibility index (Phi) is 5.82. The number of rotatable bonds is 5. The first kappa shape index (κ1) is 23.7. The summed E-state index contributed by atoms with van der Waals surface area (Å²) in [4.78, 5) is 28.1. The van der Waals surface area contributed by atoms with Crippen molar-refractivity contribution in [2.24, 2.45) is 0 Å². The molecular weight excluding hydrogens is 469 g/mol. The van der Waals surface area contributed by atoms with Gasteiger partial charge in [0, 0.05) is 23.5 Å². The standard InChI is InChI=1S/C26H23F3N6O/c1-15(2)23-20(5-4-10-30-23)24-31-13-18-12-22(36)34(25(18)32-24)14-17-6-8-19(9-7-17)35-21(26(27,28)29)11-16(3)33-35/h4-11,13,15H,12,14H2,1-3H3. The normalized spacial score (nSPS) is 13.5. The minimum absolute atomic E-state index is 0.113. The number of pyridine rings is 1. The van der Waals surface area contributed by atoms with Crippen LogP contribution in [0.25, 0.3) is 17.1 Å². The van der Waals surface area contributed by atoms with Gasteiger partial charge in [0.25, 0.3) is 0 Å². The lowest BCUT2D eigenvalue weighted by Crippen LogP contribution is -2.26. The molecule has 184 valence electrons. The van der Waals surface area contributed by atoms with Crippen molar-refractivity contribution in [1.82, 2.24) is 24.7 Å². The molecule has 4 aromatic rings. The van der Waals surface area contributed by atoms with E-state index in [1.54, 1.807) is 41.6 Å². The Morgan fingerprint density at radius 1 is 1.08 bits per heavy atom. The molecule has 0 saturated heterocycles. The summed E-state index contributed by atoms with van der Waals surface area (Å²) < 4.78 is 41.0. The third kappa shape index (κ3) is 4.34. The fraction of sp³-hybridized carbons (Fsp3) is 0.269. The van der Waals surface area contributed by atoms with Crippen LogP contribution in [0.15, 0.2) is 54.9 Å². The Hall–Kier alpha value is -4.08. The number of carbonyl (C=O) groups is 1. The zero-order chi connectivity index (χ0) is 25.6. The zero-order valence-corrected chi connectivity index (χ0v) is 19.9. The summed E-state index contributed by atoms with van der Waals surface area (Å²) in [5.74, 6) is 1.09. The lowest BCUT2D eigenvalue weighted by Gasteiger charge is -2.18. The highest BCUT2D eigenvalue weighted by Crippen LogP contribution is 2.33. The second-order valence-corrected chi connectivity index (χ2v) is 9.04. The lowest BCUT2D eigenvalue weighted by atomic mass is 10.0. The second kappa shape index (κ2) is 8.85. The van der Waals surface area contributed by atoms with Crippen molar-refractivity contribution in [1.29, 1.82) is 0 Å². The van der Waals surface area contributed by atoms with Crippen molar-refractivity contribution >= 4 is 11.7 Å². The molecule has 1 aliphatic rings. The average Bonchev–Trinajstić information content (AvgIpc) is 3.39. The van der Waals surface area contributed by atoms with E-state index in [1.807, 2.05) is 26.0 Å². The van der Waals surface area contributed by atoms with Gasteiger partial charge in [0.1, 0.15) is 11.5 Å². The number of amides is 1. The van der Waals surface area contributed by atoms with E-state index in [1.165, 1.54) is 6.92 Å². The SMILES string of the molecule is Cc1cc(C(F)(F)F)n(-c2ccc(CN3C(=O)Cc4cnc(-c5cccnc5C(C)C)nc43)cc2)n1. The molecule has 5 rings (SSSR count). The largest absolute Gasteiger partial charge is 0.433 e. The van der Waals surface area contributed by atoms with Crippen LogP contribution in [0.2, 0.25) is 0 Å². The van der Waals surface area contributed by atoms with Gasteiger partial charge in [-0.2, -0.15) is 18.3 Å². The maximum Gasteiger partial charge on any atom is 0.433 e. The quantitative estimate of drug-likeness (QED) is 0.380. The molecular formula is C26H23F3N6O. The van der Waals surface area contributed by atoms with Gasteiger partial charge in [-0.1, -0.05) is 26.0 Å². The first-order valence-corrected chi connectivity index (χ1v) is 11.5. The van der Waals surface area contributed by atoms with Crippen LogP contribution < -0.4 is 4.90 Å². The van der Waals surface area contributed by atoms with Crippen molar-refractivity contribution in [2.75, 3.05) is 4.90 Å². The smallest absolute Gasteiger partial charge is 0.292 e. The Balaban J connectivity index is 1.44. The molecule has 0 N–H and O–H groups in total. The van der Waals surface area contributed by atoms with Gasteiger partial charge in [-0.3, -0.25) is 14.7 Å². The van der Waals surface area contributed by atoms with Crippen LogP contribution in [0.1, 0.15) is 48.0 Å². The molecule has 0 bridgehead atoms. The van der Waals surface area contributed by atoms with Gasteiger partial charge in [-0.05, 0) is 48.7 Å². The molecule has 4 heterocycles. The van der Waals surface area contributed by atoms with E-state index in [0.717, 1.165) is 33.1 Å². The van der Waals surface area contributed by atoms with Crippen LogP contribution in [0.3, 0.4) is 0 Å².